The van der Waals surface area contributed by atoms with Crippen molar-refractivity contribution in [1.82, 2.24) is 0 Å². The number of hydrogen-bond acceptors (Lipinski definition) is 4. The number of benzene rings is 1. The molecule has 4 N–H and O–H groups in total. The van der Waals surface area contributed by atoms with E-state index in [4.69, 9.17) is 16.2 Å². The average molecular weight is 249 g/mol. The van der Waals surface area contributed by atoms with Crippen LogP contribution in [0.4, 0.5) is 11.4 Å². The summed E-state index contributed by atoms with van der Waals surface area (Å²) >= 11 is 0. The van der Waals surface area contributed by atoms with Crippen molar-refractivity contribution < 1.29 is 9.53 Å². The number of hydrogen-bond donors (Lipinski definition) is 2. The van der Waals surface area contributed by atoms with Crippen molar-refractivity contribution in [2.75, 3.05) is 30.3 Å². The quantitative estimate of drug-likeness (QED) is 0.766. The summed E-state index contributed by atoms with van der Waals surface area (Å²) in [7, 11) is 0. The van der Waals surface area contributed by atoms with Gasteiger partial charge in [0.2, 0.25) is 0 Å². The zero-order valence-electron chi connectivity index (χ0n) is 10.6. The Morgan fingerprint density at radius 2 is 2.28 bits per heavy atom. The summed E-state index contributed by atoms with van der Waals surface area (Å²) < 4.78 is 5.60. The highest BCUT2D eigenvalue weighted by atomic mass is 16.5. The summed E-state index contributed by atoms with van der Waals surface area (Å²) in [6.07, 6.45) is 1.16. The van der Waals surface area contributed by atoms with Crippen LogP contribution in [0.5, 0.6) is 0 Å². The lowest BCUT2D eigenvalue weighted by molar-refractivity contribution is 0.0821. The minimum absolute atomic E-state index is 0.182. The zero-order valence-corrected chi connectivity index (χ0v) is 10.6. The van der Waals surface area contributed by atoms with Gasteiger partial charge in [0.1, 0.15) is 0 Å². The Morgan fingerprint density at radius 1 is 1.50 bits per heavy atom. The molecule has 1 atom stereocenters. The van der Waals surface area contributed by atoms with Crippen molar-refractivity contribution >= 4 is 17.3 Å². The molecule has 0 aliphatic carbocycles. The maximum atomic E-state index is 11.3. The van der Waals surface area contributed by atoms with Crippen LogP contribution in [-0.4, -0.2) is 31.7 Å². The molecular formula is C13H19N3O2. The SMILES string of the molecule is CC1CN(c2ccc(N)c(C(N)=O)c2)CCCO1. The second-order valence-electron chi connectivity index (χ2n) is 4.62. The minimum Gasteiger partial charge on any atom is -0.398 e. The van der Waals surface area contributed by atoms with Gasteiger partial charge in [0.15, 0.2) is 0 Å². The summed E-state index contributed by atoms with van der Waals surface area (Å²) in [5.74, 6) is -0.492. The molecule has 0 radical (unpaired) electrons. The van der Waals surface area contributed by atoms with Gasteiger partial charge in [0.25, 0.3) is 5.91 Å². The van der Waals surface area contributed by atoms with E-state index in [-0.39, 0.29) is 6.10 Å². The highest BCUT2D eigenvalue weighted by molar-refractivity contribution is 5.99. The van der Waals surface area contributed by atoms with Crippen LogP contribution in [-0.2, 0) is 4.74 Å². The lowest BCUT2D eigenvalue weighted by Crippen LogP contribution is -2.30. The molecule has 0 spiro atoms. The van der Waals surface area contributed by atoms with Gasteiger partial charge in [-0.15, -0.1) is 0 Å². The van der Waals surface area contributed by atoms with Crippen LogP contribution in [0.15, 0.2) is 18.2 Å². The molecule has 0 bridgehead atoms. The highest BCUT2D eigenvalue weighted by Crippen LogP contribution is 2.22. The number of nitrogens with zero attached hydrogens (tertiary/aromatic N) is 1. The summed E-state index contributed by atoms with van der Waals surface area (Å²) in [6.45, 7) is 4.54. The summed E-state index contributed by atoms with van der Waals surface area (Å²) in [5.41, 5.74) is 12.8. The number of nitrogens with two attached hydrogens (primary N) is 2. The largest absolute Gasteiger partial charge is 0.398 e. The predicted octanol–water partition coefficient (Wildman–Crippen LogP) is 0.983. The molecule has 1 amide bonds. The number of ether oxygens (including phenoxy) is 1. The third kappa shape index (κ3) is 2.73. The molecular weight excluding hydrogens is 230 g/mol. The first kappa shape index (κ1) is 12.7. The van der Waals surface area contributed by atoms with Crippen LogP contribution in [0.25, 0.3) is 0 Å². The number of carbonyl (C=O) groups is 1. The Labute approximate surface area is 107 Å². The Morgan fingerprint density at radius 3 is 3.00 bits per heavy atom. The van der Waals surface area contributed by atoms with Crippen LogP contribution in [0, 0.1) is 0 Å². The number of carbonyl (C=O) groups excluding carboxylic acids is 1. The third-order valence-corrected chi connectivity index (χ3v) is 3.12. The molecule has 2 rings (SSSR count). The fraction of sp³-hybridized carbons (Fsp3) is 0.462. The van der Waals surface area contributed by atoms with E-state index in [9.17, 15) is 4.79 Å². The van der Waals surface area contributed by atoms with Crippen LogP contribution in [0.2, 0.25) is 0 Å². The molecule has 1 aromatic rings. The fourth-order valence-electron chi connectivity index (χ4n) is 2.18. The lowest BCUT2D eigenvalue weighted by atomic mass is 10.1. The van der Waals surface area contributed by atoms with Crippen LogP contribution < -0.4 is 16.4 Å². The van der Waals surface area contributed by atoms with E-state index < -0.39 is 5.91 Å². The van der Waals surface area contributed by atoms with Gasteiger partial charge >= 0.3 is 0 Å². The number of primary amides is 1. The second-order valence-corrected chi connectivity index (χ2v) is 4.62. The number of amides is 1. The highest BCUT2D eigenvalue weighted by Gasteiger charge is 2.17. The predicted molar refractivity (Wildman–Crippen MR) is 71.6 cm³/mol. The molecule has 1 fully saturated rings. The van der Waals surface area contributed by atoms with E-state index in [1.165, 1.54) is 0 Å². The first-order valence-corrected chi connectivity index (χ1v) is 6.14. The Bertz CT molecular complexity index is 448. The van der Waals surface area contributed by atoms with Gasteiger partial charge < -0.3 is 21.1 Å². The monoisotopic (exact) mass is 249 g/mol. The van der Waals surface area contributed by atoms with Crippen LogP contribution in [0.1, 0.15) is 23.7 Å². The Kier molecular flexibility index (Phi) is 3.72. The molecule has 1 aromatic carbocycles. The first-order chi connectivity index (χ1) is 8.58. The molecule has 5 heteroatoms. The molecule has 0 aromatic heterocycles. The van der Waals surface area contributed by atoms with E-state index in [0.717, 1.165) is 31.8 Å². The standard InChI is InChI=1S/C13H19N3O2/c1-9-8-16(5-2-6-18-9)10-3-4-12(14)11(7-10)13(15)17/h3-4,7,9H,2,5-6,8,14H2,1H3,(H2,15,17). The van der Waals surface area contributed by atoms with Gasteiger partial charge in [0.05, 0.1) is 11.7 Å². The fourth-order valence-corrected chi connectivity index (χ4v) is 2.18. The molecule has 1 aliphatic heterocycles. The van der Waals surface area contributed by atoms with Crippen molar-refractivity contribution in [2.45, 2.75) is 19.4 Å². The molecule has 1 unspecified atom stereocenters. The topological polar surface area (TPSA) is 81.6 Å². The minimum atomic E-state index is -0.492. The number of anilines is 2. The molecule has 0 saturated carbocycles. The summed E-state index contributed by atoms with van der Waals surface area (Å²) in [6, 6.07) is 5.40. The van der Waals surface area contributed by atoms with E-state index in [1.807, 2.05) is 13.0 Å². The lowest BCUT2D eigenvalue weighted by Gasteiger charge is -2.25. The summed E-state index contributed by atoms with van der Waals surface area (Å²) in [4.78, 5) is 13.5. The third-order valence-electron chi connectivity index (χ3n) is 3.12. The molecule has 18 heavy (non-hydrogen) atoms. The van der Waals surface area contributed by atoms with E-state index in [0.29, 0.717) is 11.3 Å². The normalized spacial score (nSPS) is 20.5. The summed E-state index contributed by atoms with van der Waals surface area (Å²) in [5, 5.41) is 0. The maximum Gasteiger partial charge on any atom is 0.250 e. The molecule has 1 aliphatic rings. The van der Waals surface area contributed by atoms with Crippen molar-refractivity contribution in [2.24, 2.45) is 5.73 Å². The van der Waals surface area contributed by atoms with Crippen LogP contribution >= 0.6 is 0 Å². The molecule has 1 saturated heterocycles. The molecule has 98 valence electrons. The van der Waals surface area contributed by atoms with Crippen molar-refractivity contribution in [1.29, 1.82) is 0 Å². The molecule has 5 nitrogen and oxygen atoms in total. The van der Waals surface area contributed by atoms with Crippen molar-refractivity contribution in [3.05, 3.63) is 23.8 Å². The smallest absolute Gasteiger partial charge is 0.250 e. The van der Waals surface area contributed by atoms with Crippen LogP contribution in [0.3, 0.4) is 0 Å². The second kappa shape index (κ2) is 5.27. The number of nitrogen functional groups attached to an aromatic ring is 1. The van der Waals surface area contributed by atoms with Gasteiger partial charge in [-0.1, -0.05) is 0 Å². The molecule has 1 heterocycles. The van der Waals surface area contributed by atoms with Crippen molar-refractivity contribution in [3.8, 4) is 0 Å². The average Bonchev–Trinajstić information content (AvgIpc) is 2.54. The van der Waals surface area contributed by atoms with Crippen molar-refractivity contribution in [3.63, 3.8) is 0 Å². The first-order valence-electron chi connectivity index (χ1n) is 6.14. The van der Waals surface area contributed by atoms with Gasteiger partial charge in [-0.05, 0) is 31.5 Å². The van der Waals surface area contributed by atoms with E-state index in [2.05, 4.69) is 4.90 Å². The Hall–Kier alpha value is -1.75. The van der Waals surface area contributed by atoms with E-state index >= 15 is 0 Å². The van der Waals surface area contributed by atoms with E-state index in [1.54, 1.807) is 12.1 Å². The van der Waals surface area contributed by atoms with Gasteiger partial charge in [-0.3, -0.25) is 4.79 Å². The Balaban J connectivity index is 2.26. The zero-order chi connectivity index (χ0) is 13.1. The van der Waals surface area contributed by atoms with Gasteiger partial charge in [-0.2, -0.15) is 0 Å². The number of rotatable bonds is 2. The maximum absolute atomic E-state index is 11.3. The van der Waals surface area contributed by atoms with Gasteiger partial charge in [0, 0.05) is 31.1 Å². The van der Waals surface area contributed by atoms with Gasteiger partial charge in [-0.25, -0.2) is 0 Å².